The third-order valence-corrected chi connectivity index (χ3v) is 7.09. The van der Waals surface area contributed by atoms with Crippen LogP contribution in [0.5, 0.6) is 11.5 Å². The van der Waals surface area contributed by atoms with Gasteiger partial charge in [0.15, 0.2) is 6.10 Å². The fourth-order valence-corrected chi connectivity index (χ4v) is 4.56. The quantitative estimate of drug-likeness (QED) is 0.758. The summed E-state index contributed by atoms with van der Waals surface area (Å²) in [4.78, 5) is 12.9. The second-order valence-corrected chi connectivity index (χ2v) is 9.69. The van der Waals surface area contributed by atoms with Crippen LogP contribution in [0.1, 0.15) is 26.3 Å². The Balaban J connectivity index is 1.98. The Morgan fingerprint density at radius 3 is 2.43 bits per heavy atom. The molecule has 0 unspecified atom stereocenters. The first kappa shape index (κ1) is 22.0. The van der Waals surface area contributed by atoms with Gasteiger partial charge in [0.25, 0.3) is 15.9 Å². The molecule has 0 saturated heterocycles. The van der Waals surface area contributed by atoms with Crippen LogP contribution in [0.15, 0.2) is 47.4 Å². The monoisotopic (exact) mass is 432 g/mol. The molecular formula is C22H28N2O5S. The number of nitrogens with one attached hydrogen (secondary N) is 1. The number of methoxy groups -OCH3 is 1. The van der Waals surface area contributed by atoms with Gasteiger partial charge in [0, 0.05) is 6.04 Å². The first-order valence-electron chi connectivity index (χ1n) is 9.88. The average molecular weight is 433 g/mol. The zero-order valence-corrected chi connectivity index (χ0v) is 18.7. The van der Waals surface area contributed by atoms with Gasteiger partial charge < -0.3 is 14.8 Å². The van der Waals surface area contributed by atoms with Crippen LogP contribution in [0.4, 0.5) is 5.69 Å². The van der Waals surface area contributed by atoms with E-state index in [0.29, 0.717) is 17.2 Å². The number of carbonyl (C=O) groups is 1. The van der Waals surface area contributed by atoms with Gasteiger partial charge >= 0.3 is 0 Å². The molecule has 1 N–H and O–H groups in total. The van der Waals surface area contributed by atoms with Crippen molar-refractivity contribution in [3.8, 4) is 11.5 Å². The van der Waals surface area contributed by atoms with Crippen LogP contribution < -0.4 is 19.1 Å². The summed E-state index contributed by atoms with van der Waals surface area (Å²) in [7, 11) is -2.39. The molecule has 2 aromatic rings. The topological polar surface area (TPSA) is 84.9 Å². The van der Waals surface area contributed by atoms with Crippen LogP contribution in [0.25, 0.3) is 0 Å². The number of carbonyl (C=O) groups excluding carboxylic acids is 1. The van der Waals surface area contributed by atoms with E-state index in [9.17, 15) is 13.2 Å². The Kier molecular flexibility index (Phi) is 6.26. The van der Waals surface area contributed by atoms with Crippen LogP contribution >= 0.6 is 0 Å². The van der Waals surface area contributed by atoms with Crippen LogP contribution in [0.2, 0.25) is 0 Å². The number of amides is 1. The summed E-state index contributed by atoms with van der Waals surface area (Å²) in [6, 6.07) is 11.4. The van der Waals surface area contributed by atoms with Gasteiger partial charge in [0.2, 0.25) is 0 Å². The number of hydrogen-bond donors (Lipinski definition) is 1. The first-order valence-corrected chi connectivity index (χ1v) is 11.3. The summed E-state index contributed by atoms with van der Waals surface area (Å²) in [6.45, 7) is 7.70. The van der Waals surface area contributed by atoms with E-state index < -0.39 is 16.1 Å². The van der Waals surface area contributed by atoms with Crippen molar-refractivity contribution in [2.45, 2.75) is 44.7 Å². The van der Waals surface area contributed by atoms with E-state index in [1.807, 2.05) is 33.8 Å². The first-order chi connectivity index (χ1) is 14.1. The Morgan fingerprint density at radius 2 is 1.83 bits per heavy atom. The van der Waals surface area contributed by atoms with Crippen LogP contribution in [0.3, 0.4) is 0 Å². The van der Waals surface area contributed by atoms with Crippen molar-refractivity contribution < 1.29 is 22.7 Å². The van der Waals surface area contributed by atoms with Crippen LogP contribution in [0, 0.1) is 12.8 Å². The number of fused-ring (bicyclic) bond motifs is 1. The molecule has 1 aliphatic heterocycles. The molecule has 1 aliphatic rings. The summed E-state index contributed by atoms with van der Waals surface area (Å²) >= 11 is 0. The molecule has 0 saturated carbocycles. The number of ether oxygens (including phenoxy) is 2. The molecule has 2 atom stereocenters. The third kappa shape index (κ3) is 4.38. The Hall–Kier alpha value is -2.74. The van der Waals surface area contributed by atoms with Crippen molar-refractivity contribution in [2.24, 2.45) is 5.92 Å². The van der Waals surface area contributed by atoms with E-state index in [0.717, 1.165) is 5.56 Å². The molecule has 162 valence electrons. The normalized spacial score (nSPS) is 17.1. The number of benzene rings is 2. The number of anilines is 1. The van der Waals surface area contributed by atoms with Crippen molar-refractivity contribution in [3.63, 3.8) is 0 Å². The fraction of sp³-hybridized carbons (Fsp3) is 0.409. The van der Waals surface area contributed by atoms with Crippen molar-refractivity contribution in [3.05, 3.63) is 48.0 Å². The molecule has 0 fully saturated rings. The van der Waals surface area contributed by atoms with E-state index in [-0.39, 0.29) is 29.3 Å². The molecule has 1 heterocycles. The highest BCUT2D eigenvalue weighted by atomic mass is 32.2. The molecule has 30 heavy (non-hydrogen) atoms. The maximum Gasteiger partial charge on any atom is 0.264 e. The molecule has 8 heteroatoms. The SMILES string of the molecule is COc1ccc(S(=O)(=O)N2C[C@H](C(=O)N[C@@H](C)C(C)C)Oc3cc(C)ccc32)cc1. The highest BCUT2D eigenvalue weighted by molar-refractivity contribution is 7.92. The molecular weight excluding hydrogens is 404 g/mol. The number of sulfonamides is 1. The molecule has 0 spiro atoms. The predicted octanol–water partition coefficient (Wildman–Crippen LogP) is 3.12. The largest absolute Gasteiger partial charge is 0.497 e. The van der Waals surface area contributed by atoms with Crippen LogP contribution in [-0.2, 0) is 14.8 Å². The fourth-order valence-electron chi connectivity index (χ4n) is 3.08. The Labute approximate surface area is 178 Å². The van der Waals surface area contributed by atoms with Crippen molar-refractivity contribution in [1.82, 2.24) is 5.32 Å². The van der Waals surface area contributed by atoms with Gasteiger partial charge in [0.1, 0.15) is 11.5 Å². The summed E-state index contributed by atoms with van der Waals surface area (Å²) in [5.41, 5.74) is 1.32. The minimum Gasteiger partial charge on any atom is -0.497 e. The maximum atomic E-state index is 13.4. The predicted molar refractivity (Wildman–Crippen MR) is 116 cm³/mol. The zero-order valence-electron chi connectivity index (χ0n) is 17.9. The number of nitrogens with zero attached hydrogens (tertiary/aromatic N) is 1. The number of rotatable bonds is 6. The highest BCUT2D eigenvalue weighted by Gasteiger charge is 2.38. The lowest BCUT2D eigenvalue weighted by molar-refractivity contribution is -0.128. The van der Waals surface area contributed by atoms with E-state index >= 15 is 0 Å². The minimum absolute atomic E-state index is 0.0633. The number of hydrogen-bond acceptors (Lipinski definition) is 5. The summed E-state index contributed by atoms with van der Waals surface area (Å²) in [5.74, 6) is 0.840. The Bertz CT molecular complexity index is 1020. The lowest BCUT2D eigenvalue weighted by atomic mass is 10.1. The van der Waals surface area contributed by atoms with E-state index in [2.05, 4.69) is 5.32 Å². The lowest BCUT2D eigenvalue weighted by Crippen LogP contribution is -2.52. The van der Waals surface area contributed by atoms with Gasteiger partial charge in [-0.05, 0) is 61.7 Å². The maximum absolute atomic E-state index is 13.4. The molecule has 1 amide bonds. The molecule has 7 nitrogen and oxygen atoms in total. The molecule has 0 bridgehead atoms. The lowest BCUT2D eigenvalue weighted by Gasteiger charge is -2.35. The smallest absolute Gasteiger partial charge is 0.264 e. The third-order valence-electron chi connectivity index (χ3n) is 5.29. The van der Waals surface area contributed by atoms with E-state index in [4.69, 9.17) is 9.47 Å². The Morgan fingerprint density at radius 1 is 1.17 bits per heavy atom. The standard InChI is InChI=1S/C22H28N2O5S/c1-14(2)16(4)23-22(25)21-13-24(19-11-6-15(3)12-20(19)29-21)30(26,27)18-9-7-17(28-5)8-10-18/h6-12,14,16,21H,13H2,1-5H3,(H,23,25)/t16-,21+/m0/s1. The second kappa shape index (κ2) is 8.55. The summed E-state index contributed by atoms with van der Waals surface area (Å²) in [6.07, 6.45) is -0.950. The molecule has 3 rings (SSSR count). The van der Waals surface area contributed by atoms with Gasteiger partial charge in [-0.15, -0.1) is 0 Å². The van der Waals surface area contributed by atoms with Gasteiger partial charge in [-0.2, -0.15) is 0 Å². The van der Waals surface area contributed by atoms with Crippen molar-refractivity contribution >= 4 is 21.6 Å². The van der Waals surface area contributed by atoms with Gasteiger partial charge in [0.05, 0.1) is 24.2 Å². The van der Waals surface area contributed by atoms with E-state index in [1.165, 1.54) is 23.5 Å². The molecule has 0 aliphatic carbocycles. The second-order valence-electron chi connectivity index (χ2n) is 7.83. The van der Waals surface area contributed by atoms with Crippen molar-refractivity contribution in [2.75, 3.05) is 18.0 Å². The van der Waals surface area contributed by atoms with Gasteiger partial charge in [-0.1, -0.05) is 19.9 Å². The summed E-state index contributed by atoms with van der Waals surface area (Å²) < 4.78 is 39.1. The zero-order chi connectivity index (χ0) is 22.1. The molecule has 2 aromatic carbocycles. The highest BCUT2D eigenvalue weighted by Crippen LogP contribution is 2.38. The summed E-state index contributed by atoms with van der Waals surface area (Å²) in [5, 5.41) is 2.92. The number of aryl methyl sites for hydroxylation is 1. The van der Waals surface area contributed by atoms with Gasteiger partial charge in [-0.25, -0.2) is 8.42 Å². The van der Waals surface area contributed by atoms with Crippen molar-refractivity contribution in [1.29, 1.82) is 0 Å². The van der Waals surface area contributed by atoms with Crippen LogP contribution in [-0.4, -0.2) is 40.1 Å². The minimum atomic E-state index is -3.91. The average Bonchev–Trinajstić information content (AvgIpc) is 2.72. The van der Waals surface area contributed by atoms with E-state index in [1.54, 1.807) is 24.3 Å². The molecule has 0 aromatic heterocycles. The molecule has 0 radical (unpaired) electrons. The van der Waals surface area contributed by atoms with Gasteiger partial charge in [-0.3, -0.25) is 9.10 Å².